The number of amides is 1. The minimum atomic E-state index is -0.520. The molecule has 0 spiro atoms. The SMILES string of the molecule is C[C@@H](CO)NC(=O)c1ncc(F)cc1Br. The van der Waals surface area contributed by atoms with Crippen molar-refractivity contribution < 1.29 is 14.3 Å². The molecule has 0 aromatic carbocycles. The third-order valence-electron chi connectivity index (χ3n) is 1.67. The van der Waals surface area contributed by atoms with Gasteiger partial charge in [0.05, 0.1) is 17.3 Å². The predicted molar refractivity (Wildman–Crippen MR) is 55.9 cm³/mol. The van der Waals surface area contributed by atoms with Crippen molar-refractivity contribution in [2.75, 3.05) is 6.61 Å². The Balaban J connectivity index is 2.82. The second-order valence-electron chi connectivity index (χ2n) is 3.04. The lowest BCUT2D eigenvalue weighted by Crippen LogP contribution is -2.35. The zero-order valence-electron chi connectivity index (χ0n) is 8.00. The molecule has 0 aliphatic rings. The fraction of sp³-hybridized carbons (Fsp3) is 0.333. The summed E-state index contributed by atoms with van der Waals surface area (Å²) in [6.07, 6.45) is 0.962. The first-order valence-corrected chi connectivity index (χ1v) is 5.06. The molecule has 0 unspecified atom stereocenters. The van der Waals surface area contributed by atoms with Crippen molar-refractivity contribution in [3.05, 3.63) is 28.2 Å². The summed E-state index contributed by atoms with van der Waals surface area (Å²) in [6.45, 7) is 1.49. The van der Waals surface area contributed by atoms with Crippen LogP contribution in [0.1, 0.15) is 17.4 Å². The highest BCUT2D eigenvalue weighted by Gasteiger charge is 2.14. The number of halogens is 2. The van der Waals surface area contributed by atoms with Gasteiger partial charge in [-0.2, -0.15) is 0 Å². The Bertz CT molecular complexity index is 373. The molecule has 0 aliphatic carbocycles. The molecule has 1 amide bonds. The van der Waals surface area contributed by atoms with Gasteiger partial charge < -0.3 is 10.4 Å². The molecular weight excluding hydrogens is 267 g/mol. The van der Waals surface area contributed by atoms with Crippen molar-refractivity contribution in [1.82, 2.24) is 10.3 Å². The number of aliphatic hydroxyl groups is 1. The molecule has 0 bridgehead atoms. The first kappa shape index (κ1) is 12.1. The summed E-state index contributed by atoms with van der Waals surface area (Å²) in [5.41, 5.74) is 0.0942. The number of carbonyl (C=O) groups excluding carboxylic acids is 1. The van der Waals surface area contributed by atoms with Crippen LogP contribution >= 0.6 is 15.9 Å². The molecule has 82 valence electrons. The van der Waals surface area contributed by atoms with E-state index in [4.69, 9.17) is 5.11 Å². The Hall–Kier alpha value is -1.01. The van der Waals surface area contributed by atoms with Crippen LogP contribution in [0.5, 0.6) is 0 Å². The Morgan fingerprint density at radius 3 is 3.00 bits per heavy atom. The van der Waals surface area contributed by atoms with Crippen molar-refractivity contribution in [2.24, 2.45) is 0 Å². The molecule has 1 atom stereocenters. The number of aromatic nitrogens is 1. The fourth-order valence-electron chi connectivity index (χ4n) is 0.919. The monoisotopic (exact) mass is 276 g/mol. The van der Waals surface area contributed by atoms with E-state index in [-0.39, 0.29) is 22.8 Å². The number of hydrogen-bond donors (Lipinski definition) is 2. The molecule has 2 N–H and O–H groups in total. The van der Waals surface area contributed by atoms with Gasteiger partial charge in [-0.15, -0.1) is 0 Å². The summed E-state index contributed by atoms with van der Waals surface area (Å²) < 4.78 is 13.0. The first-order chi connectivity index (χ1) is 7.04. The maximum atomic E-state index is 12.7. The third-order valence-corrected chi connectivity index (χ3v) is 2.28. The van der Waals surface area contributed by atoms with E-state index in [1.807, 2.05) is 0 Å². The average Bonchev–Trinajstić information content (AvgIpc) is 2.17. The van der Waals surface area contributed by atoms with E-state index in [1.54, 1.807) is 6.92 Å². The van der Waals surface area contributed by atoms with Gasteiger partial charge in [-0.1, -0.05) is 0 Å². The van der Waals surface area contributed by atoms with Gasteiger partial charge in [-0.3, -0.25) is 4.79 Å². The minimum absolute atomic E-state index is 0.0942. The largest absolute Gasteiger partial charge is 0.394 e. The number of aliphatic hydroxyl groups excluding tert-OH is 1. The Labute approximate surface area is 94.6 Å². The second-order valence-corrected chi connectivity index (χ2v) is 3.90. The topological polar surface area (TPSA) is 62.2 Å². The average molecular weight is 277 g/mol. The van der Waals surface area contributed by atoms with Gasteiger partial charge in [-0.25, -0.2) is 9.37 Å². The van der Waals surface area contributed by atoms with Gasteiger partial charge in [0, 0.05) is 6.04 Å². The van der Waals surface area contributed by atoms with E-state index in [0.29, 0.717) is 0 Å². The van der Waals surface area contributed by atoms with Gasteiger partial charge in [0.2, 0.25) is 0 Å². The zero-order valence-corrected chi connectivity index (χ0v) is 9.58. The Morgan fingerprint density at radius 2 is 2.47 bits per heavy atom. The molecule has 1 aromatic rings. The minimum Gasteiger partial charge on any atom is -0.394 e. The van der Waals surface area contributed by atoms with Crippen LogP contribution < -0.4 is 5.32 Å². The van der Waals surface area contributed by atoms with E-state index < -0.39 is 11.7 Å². The van der Waals surface area contributed by atoms with Gasteiger partial charge in [-0.05, 0) is 28.9 Å². The Kier molecular flexibility index (Phi) is 4.16. The van der Waals surface area contributed by atoms with Crippen LogP contribution in [-0.2, 0) is 0 Å². The molecule has 6 heteroatoms. The molecule has 0 fully saturated rings. The highest BCUT2D eigenvalue weighted by molar-refractivity contribution is 9.10. The smallest absolute Gasteiger partial charge is 0.271 e. The molecule has 0 aliphatic heterocycles. The van der Waals surface area contributed by atoms with Crippen LogP contribution in [0.15, 0.2) is 16.7 Å². The second kappa shape index (κ2) is 5.18. The van der Waals surface area contributed by atoms with Crippen LogP contribution in [0, 0.1) is 5.82 Å². The summed E-state index contributed by atoms with van der Waals surface area (Å²) >= 11 is 3.03. The lowest BCUT2D eigenvalue weighted by Gasteiger charge is -2.10. The number of rotatable bonds is 3. The maximum absolute atomic E-state index is 12.7. The Morgan fingerprint density at radius 1 is 1.80 bits per heavy atom. The molecule has 4 nitrogen and oxygen atoms in total. The zero-order chi connectivity index (χ0) is 11.4. The van der Waals surface area contributed by atoms with Crippen molar-refractivity contribution in [3.8, 4) is 0 Å². The summed E-state index contributed by atoms with van der Waals surface area (Å²) in [5, 5.41) is 11.2. The van der Waals surface area contributed by atoms with E-state index in [1.165, 1.54) is 0 Å². The van der Waals surface area contributed by atoms with Crippen LogP contribution in [0.4, 0.5) is 4.39 Å². The standard InChI is InChI=1S/C9H10BrFN2O2/c1-5(4-14)13-9(15)8-7(10)2-6(11)3-12-8/h2-3,5,14H,4H2,1H3,(H,13,15)/t5-/m0/s1. The summed E-state index contributed by atoms with van der Waals surface area (Å²) in [7, 11) is 0. The van der Waals surface area contributed by atoms with Crippen molar-refractivity contribution in [1.29, 1.82) is 0 Å². The van der Waals surface area contributed by atoms with Crippen LogP contribution in [0.3, 0.4) is 0 Å². The quantitative estimate of drug-likeness (QED) is 0.869. The number of nitrogens with zero attached hydrogens (tertiary/aromatic N) is 1. The van der Waals surface area contributed by atoms with Crippen LogP contribution in [0.2, 0.25) is 0 Å². The number of nitrogens with one attached hydrogen (secondary N) is 1. The normalized spacial score (nSPS) is 12.3. The van der Waals surface area contributed by atoms with E-state index in [0.717, 1.165) is 12.3 Å². The third kappa shape index (κ3) is 3.24. The van der Waals surface area contributed by atoms with Gasteiger partial charge in [0.1, 0.15) is 11.5 Å². The van der Waals surface area contributed by atoms with E-state index >= 15 is 0 Å². The molecule has 1 rings (SSSR count). The fourth-order valence-corrected chi connectivity index (χ4v) is 1.42. The van der Waals surface area contributed by atoms with E-state index in [2.05, 4.69) is 26.2 Å². The van der Waals surface area contributed by atoms with Crippen molar-refractivity contribution in [2.45, 2.75) is 13.0 Å². The van der Waals surface area contributed by atoms with Gasteiger partial charge >= 0.3 is 0 Å². The molecule has 0 saturated heterocycles. The molecule has 0 radical (unpaired) electrons. The van der Waals surface area contributed by atoms with Gasteiger partial charge in [0.25, 0.3) is 5.91 Å². The highest BCUT2D eigenvalue weighted by Crippen LogP contribution is 2.15. The summed E-state index contributed by atoms with van der Waals surface area (Å²) in [6, 6.07) is 0.794. The molecule has 0 saturated carbocycles. The lowest BCUT2D eigenvalue weighted by molar-refractivity contribution is 0.0916. The molecule has 1 aromatic heterocycles. The number of pyridine rings is 1. The predicted octanol–water partition coefficient (Wildman–Crippen LogP) is 1.09. The van der Waals surface area contributed by atoms with Crippen LogP contribution in [0.25, 0.3) is 0 Å². The van der Waals surface area contributed by atoms with Crippen LogP contribution in [-0.4, -0.2) is 28.6 Å². The summed E-state index contributed by atoms with van der Waals surface area (Å²) in [4.78, 5) is 15.2. The number of hydrogen-bond acceptors (Lipinski definition) is 3. The van der Waals surface area contributed by atoms with Crippen molar-refractivity contribution >= 4 is 21.8 Å². The van der Waals surface area contributed by atoms with E-state index in [9.17, 15) is 9.18 Å². The summed E-state index contributed by atoms with van der Waals surface area (Å²) in [5.74, 6) is -0.975. The highest BCUT2D eigenvalue weighted by atomic mass is 79.9. The molecular formula is C9H10BrFN2O2. The molecule has 1 heterocycles. The van der Waals surface area contributed by atoms with Gasteiger partial charge in [0.15, 0.2) is 0 Å². The maximum Gasteiger partial charge on any atom is 0.271 e. The number of carbonyl (C=O) groups is 1. The van der Waals surface area contributed by atoms with Crippen molar-refractivity contribution in [3.63, 3.8) is 0 Å². The molecule has 15 heavy (non-hydrogen) atoms. The first-order valence-electron chi connectivity index (χ1n) is 4.27. The lowest BCUT2D eigenvalue weighted by atomic mass is 10.3.